The first-order valence-electron chi connectivity index (χ1n) is 6.81. The maximum absolute atomic E-state index is 12.0. The van der Waals surface area contributed by atoms with Crippen LogP contribution in [0, 0.1) is 0 Å². The first-order chi connectivity index (χ1) is 10.1. The minimum Gasteiger partial charge on any atom is -0.454 e. The van der Waals surface area contributed by atoms with Gasteiger partial charge in [-0.3, -0.25) is 0 Å². The molecule has 1 aromatic heterocycles. The molecule has 0 bridgehead atoms. The number of nitrogens with zero attached hydrogens (tertiary/aromatic N) is 5. The van der Waals surface area contributed by atoms with E-state index < -0.39 is 0 Å². The van der Waals surface area contributed by atoms with Crippen LogP contribution >= 0.6 is 0 Å². The molecule has 2 aromatic rings. The van der Waals surface area contributed by atoms with Gasteiger partial charge in [0.2, 0.25) is 0 Å². The molecule has 2 rings (SSSR count). The third-order valence-electron chi connectivity index (χ3n) is 2.99. The van der Waals surface area contributed by atoms with Crippen LogP contribution in [0.4, 0.5) is 5.69 Å². The molecule has 1 heterocycles. The maximum Gasteiger partial charge on any atom is 0.338 e. The average Bonchev–Trinajstić information content (AvgIpc) is 2.92. The Kier molecular flexibility index (Phi) is 4.86. The lowest BCUT2D eigenvalue weighted by atomic mass is 10.2. The van der Waals surface area contributed by atoms with Crippen LogP contribution in [0.25, 0.3) is 0 Å². The third kappa shape index (κ3) is 3.77. The Bertz CT molecular complexity index is 592. The lowest BCUT2D eigenvalue weighted by Gasteiger charge is -2.12. The minimum absolute atomic E-state index is 0.0707. The van der Waals surface area contributed by atoms with E-state index in [-0.39, 0.29) is 12.6 Å². The Labute approximate surface area is 123 Å². The van der Waals surface area contributed by atoms with E-state index in [9.17, 15) is 4.79 Å². The van der Waals surface area contributed by atoms with E-state index in [4.69, 9.17) is 4.74 Å². The first kappa shape index (κ1) is 15.0. The fourth-order valence-electron chi connectivity index (χ4n) is 1.82. The number of aryl methyl sites for hydroxylation is 1. The highest BCUT2D eigenvalue weighted by Crippen LogP contribution is 2.13. The van der Waals surface area contributed by atoms with Crippen molar-refractivity contribution in [2.45, 2.75) is 26.5 Å². The van der Waals surface area contributed by atoms with Crippen molar-refractivity contribution in [1.29, 1.82) is 0 Å². The van der Waals surface area contributed by atoms with E-state index in [2.05, 4.69) is 15.5 Å². The van der Waals surface area contributed by atoms with Crippen molar-refractivity contribution in [3.63, 3.8) is 0 Å². The second-order valence-corrected chi connectivity index (χ2v) is 4.84. The molecule has 0 fully saturated rings. The molecule has 0 amide bonds. The fraction of sp³-hybridized carbons (Fsp3) is 0.429. The topological polar surface area (TPSA) is 73.1 Å². The molecule has 7 heteroatoms. The normalized spacial score (nSPS) is 10.4. The zero-order valence-electron chi connectivity index (χ0n) is 12.5. The number of carbonyl (C=O) groups is 1. The highest BCUT2D eigenvalue weighted by Gasteiger charge is 2.11. The smallest absolute Gasteiger partial charge is 0.338 e. The molecule has 21 heavy (non-hydrogen) atoms. The number of hydrogen-bond donors (Lipinski definition) is 0. The van der Waals surface area contributed by atoms with Crippen LogP contribution in [0.2, 0.25) is 0 Å². The van der Waals surface area contributed by atoms with Gasteiger partial charge in [0.15, 0.2) is 12.4 Å². The number of aromatic nitrogens is 4. The molecule has 0 aliphatic carbocycles. The van der Waals surface area contributed by atoms with Crippen molar-refractivity contribution in [1.82, 2.24) is 20.2 Å². The summed E-state index contributed by atoms with van der Waals surface area (Å²) in [6.07, 6.45) is 0.915. The zero-order valence-corrected chi connectivity index (χ0v) is 12.5. The molecule has 0 saturated carbocycles. The molecule has 0 unspecified atom stereocenters. The quantitative estimate of drug-likeness (QED) is 0.750. The van der Waals surface area contributed by atoms with Crippen LogP contribution in [0.5, 0.6) is 0 Å². The van der Waals surface area contributed by atoms with Gasteiger partial charge in [0.25, 0.3) is 0 Å². The first-order valence-corrected chi connectivity index (χ1v) is 6.81. The number of ether oxygens (including phenoxy) is 1. The number of hydrogen-bond acceptors (Lipinski definition) is 6. The summed E-state index contributed by atoms with van der Waals surface area (Å²) < 4.78 is 6.89. The fourth-order valence-corrected chi connectivity index (χ4v) is 1.82. The molecule has 0 spiro atoms. The molecule has 112 valence electrons. The van der Waals surface area contributed by atoms with Crippen molar-refractivity contribution < 1.29 is 9.53 Å². The van der Waals surface area contributed by atoms with Crippen LogP contribution < -0.4 is 4.90 Å². The molecule has 0 N–H and O–H groups in total. The molecule has 7 nitrogen and oxygen atoms in total. The van der Waals surface area contributed by atoms with E-state index in [0.29, 0.717) is 17.9 Å². The summed E-state index contributed by atoms with van der Waals surface area (Å²) in [6.45, 7) is 2.81. The van der Waals surface area contributed by atoms with Crippen LogP contribution in [-0.4, -0.2) is 40.3 Å². The Morgan fingerprint density at radius 3 is 2.62 bits per heavy atom. The van der Waals surface area contributed by atoms with Gasteiger partial charge in [-0.05, 0) is 41.1 Å². The second kappa shape index (κ2) is 6.83. The van der Waals surface area contributed by atoms with Crippen molar-refractivity contribution in [3.05, 3.63) is 35.7 Å². The largest absolute Gasteiger partial charge is 0.454 e. The van der Waals surface area contributed by atoms with Crippen molar-refractivity contribution in [2.75, 3.05) is 19.0 Å². The molecule has 1 aromatic carbocycles. The van der Waals surface area contributed by atoms with E-state index in [1.807, 2.05) is 38.1 Å². The summed E-state index contributed by atoms with van der Waals surface area (Å²) in [6, 6.07) is 7.23. The predicted octanol–water partition coefficient (Wildman–Crippen LogP) is 1.51. The van der Waals surface area contributed by atoms with Gasteiger partial charge in [-0.2, -0.15) is 0 Å². The predicted molar refractivity (Wildman–Crippen MR) is 78.0 cm³/mol. The number of rotatable bonds is 6. The van der Waals surface area contributed by atoms with Crippen molar-refractivity contribution in [3.8, 4) is 0 Å². The monoisotopic (exact) mass is 289 g/mol. The van der Waals surface area contributed by atoms with Crippen molar-refractivity contribution in [2.24, 2.45) is 0 Å². The molecule has 0 saturated heterocycles. The standard InChI is InChI=1S/C14H19N5O2/c1-4-9-19-13(15-16-17-19)10-21-14(20)11-5-7-12(8-6-11)18(2)3/h5-8H,4,9-10H2,1-3H3. The van der Waals surface area contributed by atoms with Gasteiger partial charge in [-0.1, -0.05) is 6.92 Å². The third-order valence-corrected chi connectivity index (χ3v) is 2.99. The van der Waals surface area contributed by atoms with Crippen LogP contribution in [-0.2, 0) is 17.9 Å². The van der Waals surface area contributed by atoms with Gasteiger partial charge in [-0.15, -0.1) is 5.10 Å². The number of benzene rings is 1. The highest BCUT2D eigenvalue weighted by atomic mass is 16.5. The van der Waals surface area contributed by atoms with Crippen LogP contribution in [0.15, 0.2) is 24.3 Å². The van der Waals surface area contributed by atoms with Crippen LogP contribution in [0.3, 0.4) is 0 Å². The summed E-state index contributed by atoms with van der Waals surface area (Å²) in [5, 5.41) is 11.3. The summed E-state index contributed by atoms with van der Waals surface area (Å²) in [5.74, 6) is 0.168. The molecular formula is C14H19N5O2. The van der Waals surface area contributed by atoms with Gasteiger partial charge in [0.05, 0.1) is 5.56 Å². The molecular weight excluding hydrogens is 270 g/mol. The lowest BCUT2D eigenvalue weighted by molar-refractivity contribution is 0.0456. The van der Waals surface area contributed by atoms with Crippen LogP contribution in [0.1, 0.15) is 29.5 Å². The number of esters is 1. The van der Waals surface area contributed by atoms with Crippen molar-refractivity contribution >= 4 is 11.7 Å². The van der Waals surface area contributed by atoms with E-state index in [1.54, 1.807) is 16.8 Å². The molecule has 0 aliphatic heterocycles. The summed E-state index contributed by atoms with van der Waals surface area (Å²) in [4.78, 5) is 13.9. The molecule has 0 aliphatic rings. The Morgan fingerprint density at radius 2 is 2.00 bits per heavy atom. The highest BCUT2D eigenvalue weighted by molar-refractivity contribution is 5.89. The minimum atomic E-state index is -0.383. The number of tetrazole rings is 1. The average molecular weight is 289 g/mol. The maximum atomic E-state index is 12.0. The molecule has 0 atom stereocenters. The van der Waals surface area contributed by atoms with E-state index >= 15 is 0 Å². The van der Waals surface area contributed by atoms with E-state index in [1.165, 1.54) is 0 Å². The van der Waals surface area contributed by atoms with Gasteiger partial charge >= 0.3 is 5.97 Å². The van der Waals surface area contributed by atoms with Gasteiger partial charge in [0.1, 0.15) is 0 Å². The molecule has 0 radical (unpaired) electrons. The van der Waals surface area contributed by atoms with E-state index in [0.717, 1.165) is 12.1 Å². The van der Waals surface area contributed by atoms with Gasteiger partial charge in [0, 0.05) is 26.3 Å². The number of anilines is 1. The lowest BCUT2D eigenvalue weighted by Crippen LogP contribution is -2.12. The summed E-state index contributed by atoms with van der Waals surface area (Å²) in [7, 11) is 3.89. The Hall–Kier alpha value is -2.44. The zero-order chi connectivity index (χ0) is 15.2. The Balaban J connectivity index is 1.96. The van der Waals surface area contributed by atoms with Gasteiger partial charge in [-0.25, -0.2) is 9.48 Å². The number of carbonyl (C=O) groups excluding carboxylic acids is 1. The summed E-state index contributed by atoms with van der Waals surface area (Å²) in [5.41, 5.74) is 1.54. The van der Waals surface area contributed by atoms with Gasteiger partial charge < -0.3 is 9.64 Å². The summed E-state index contributed by atoms with van der Waals surface area (Å²) >= 11 is 0. The Morgan fingerprint density at radius 1 is 1.29 bits per heavy atom. The SMILES string of the molecule is CCCn1nnnc1COC(=O)c1ccc(N(C)C)cc1. The second-order valence-electron chi connectivity index (χ2n) is 4.84.